The summed E-state index contributed by atoms with van der Waals surface area (Å²) in [5, 5.41) is 4.31. The van der Waals surface area contributed by atoms with Gasteiger partial charge in [-0.15, -0.1) is 0 Å². The average molecular weight is 408 g/mol. The summed E-state index contributed by atoms with van der Waals surface area (Å²) in [6, 6.07) is 0. The molecule has 5 heteroatoms. The fourth-order valence-corrected chi connectivity index (χ4v) is 3.09. The Kier molecular flexibility index (Phi) is 7.05. The number of carbonyl (C=O) groups excluding carboxylic acids is 1. The predicted molar refractivity (Wildman–Crippen MR) is 119 cm³/mol. The van der Waals surface area contributed by atoms with E-state index in [-0.39, 0.29) is 16.6 Å². The van der Waals surface area contributed by atoms with Crippen LogP contribution in [0.5, 0.6) is 0 Å². The van der Waals surface area contributed by atoms with Gasteiger partial charge in [-0.2, -0.15) is 0 Å². The zero-order chi connectivity index (χ0) is 23.1. The van der Waals surface area contributed by atoms with Crippen LogP contribution in [0, 0.1) is 16.2 Å². The molecule has 0 spiro atoms. The van der Waals surface area contributed by atoms with Crippen molar-refractivity contribution in [1.29, 1.82) is 0 Å². The first-order valence-corrected chi connectivity index (χ1v) is 10.2. The SMILES string of the molecule is CO/N=C(/C1=CC(OOC(C)(C)C)(C(C)(C)C)C(=O)C(C(C)(C)C)=C1)C(C)(C)C. The van der Waals surface area contributed by atoms with Crippen LogP contribution in [0.4, 0.5) is 0 Å². The minimum atomic E-state index is -1.30. The molecule has 1 aliphatic carbocycles. The summed E-state index contributed by atoms with van der Waals surface area (Å²) in [5.41, 5.74) is -0.865. The Morgan fingerprint density at radius 1 is 0.931 bits per heavy atom. The van der Waals surface area contributed by atoms with Crippen LogP contribution in [-0.4, -0.2) is 29.8 Å². The minimum absolute atomic E-state index is 0.0869. The van der Waals surface area contributed by atoms with Crippen molar-refractivity contribution in [2.24, 2.45) is 21.4 Å². The number of carbonyl (C=O) groups is 1. The monoisotopic (exact) mass is 407 g/mol. The molecule has 1 rings (SSSR count). The third-order valence-electron chi connectivity index (χ3n) is 4.75. The molecule has 0 aromatic carbocycles. The van der Waals surface area contributed by atoms with Gasteiger partial charge in [-0.25, -0.2) is 9.78 Å². The molecule has 1 unspecified atom stereocenters. The van der Waals surface area contributed by atoms with Crippen LogP contribution in [0.3, 0.4) is 0 Å². The summed E-state index contributed by atoms with van der Waals surface area (Å²) in [5.74, 6) is -0.0869. The third-order valence-corrected chi connectivity index (χ3v) is 4.75. The summed E-state index contributed by atoms with van der Waals surface area (Å²) >= 11 is 0. The fraction of sp³-hybridized carbons (Fsp3) is 0.750. The number of rotatable bonds is 4. The second kappa shape index (κ2) is 7.99. The van der Waals surface area contributed by atoms with E-state index >= 15 is 0 Å². The van der Waals surface area contributed by atoms with Gasteiger partial charge in [-0.05, 0) is 43.9 Å². The van der Waals surface area contributed by atoms with Gasteiger partial charge in [-0.3, -0.25) is 4.79 Å². The molecule has 0 amide bonds. The maximum Gasteiger partial charge on any atom is 0.199 e. The van der Waals surface area contributed by atoms with Crippen molar-refractivity contribution >= 4 is 11.5 Å². The number of allylic oxidation sites excluding steroid dienone is 2. The van der Waals surface area contributed by atoms with Gasteiger partial charge in [0, 0.05) is 16.4 Å². The van der Waals surface area contributed by atoms with E-state index in [0.717, 1.165) is 11.3 Å². The lowest BCUT2D eigenvalue weighted by Crippen LogP contribution is -2.55. The summed E-state index contributed by atoms with van der Waals surface area (Å²) in [6.45, 7) is 23.9. The molecule has 0 heterocycles. The molecule has 0 saturated heterocycles. The molecule has 0 fully saturated rings. The molecule has 166 valence electrons. The Balaban J connectivity index is 3.87. The zero-order valence-corrected chi connectivity index (χ0v) is 20.7. The lowest BCUT2D eigenvalue weighted by atomic mass is 9.64. The predicted octanol–water partition coefficient (Wildman–Crippen LogP) is 6.05. The van der Waals surface area contributed by atoms with Crippen LogP contribution in [0.2, 0.25) is 0 Å². The van der Waals surface area contributed by atoms with Gasteiger partial charge in [-0.1, -0.05) is 67.5 Å². The number of Topliss-reactive ketones (excluding diaryl/α,β-unsaturated/α-hetero) is 1. The standard InChI is InChI=1S/C24H41NO4/c1-20(2,3)17-14-16(18(25-27-13)21(4,5)6)15-24(19(17)26,22(7,8)9)29-28-23(10,11)12/h14-15H,1-13H3/b25-18-. The van der Waals surface area contributed by atoms with Gasteiger partial charge in [0.2, 0.25) is 0 Å². The van der Waals surface area contributed by atoms with Crippen LogP contribution >= 0.6 is 0 Å². The van der Waals surface area contributed by atoms with Gasteiger partial charge >= 0.3 is 0 Å². The summed E-state index contributed by atoms with van der Waals surface area (Å²) in [4.78, 5) is 30.8. The van der Waals surface area contributed by atoms with Crippen molar-refractivity contribution < 1.29 is 19.4 Å². The van der Waals surface area contributed by atoms with Crippen LogP contribution in [0.25, 0.3) is 0 Å². The van der Waals surface area contributed by atoms with E-state index in [4.69, 9.17) is 14.6 Å². The first-order valence-electron chi connectivity index (χ1n) is 10.2. The Morgan fingerprint density at radius 3 is 1.79 bits per heavy atom. The van der Waals surface area contributed by atoms with Crippen LogP contribution in [-0.2, 0) is 19.4 Å². The molecule has 0 bridgehead atoms. The van der Waals surface area contributed by atoms with Crippen molar-refractivity contribution in [3.05, 3.63) is 23.3 Å². The Hall–Kier alpha value is -1.46. The zero-order valence-electron chi connectivity index (χ0n) is 20.7. The van der Waals surface area contributed by atoms with Gasteiger partial charge in [0.1, 0.15) is 7.11 Å². The van der Waals surface area contributed by atoms with E-state index in [2.05, 4.69) is 25.9 Å². The average Bonchev–Trinajstić information content (AvgIpc) is 2.47. The molecule has 29 heavy (non-hydrogen) atoms. The second-order valence-corrected chi connectivity index (χ2v) is 11.9. The maximum atomic E-state index is 13.8. The molecular formula is C24H41NO4. The topological polar surface area (TPSA) is 57.1 Å². The molecule has 1 aliphatic rings. The smallest absolute Gasteiger partial charge is 0.199 e. The molecule has 0 aliphatic heterocycles. The summed E-state index contributed by atoms with van der Waals surface area (Å²) in [6.07, 6.45) is 3.79. The van der Waals surface area contributed by atoms with E-state index in [0.29, 0.717) is 5.57 Å². The van der Waals surface area contributed by atoms with Crippen molar-refractivity contribution in [3.8, 4) is 0 Å². The normalized spacial score (nSPS) is 22.4. The number of hydrogen-bond donors (Lipinski definition) is 0. The highest BCUT2D eigenvalue weighted by atomic mass is 17.2. The molecular weight excluding hydrogens is 366 g/mol. The lowest BCUT2D eigenvalue weighted by Gasteiger charge is -2.45. The molecule has 0 aromatic rings. The Morgan fingerprint density at radius 2 is 1.45 bits per heavy atom. The van der Waals surface area contributed by atoms with Crippen molar-refractivity contribution in [2.45, 2.75) is 94.3 Å². The molecule has 0 saturated carbocycles. The fourth-order valence-electron chi connectivity index (χ4n) is 3.09. The molecule has 0 aromatic heterocycles. The van der Waals surface area contributed by atoms with Gasteiger partial charge in [0.15, 0.2) is 11.4 Å². The highest BCUT2D eigenvalue weighted by molar-refractivity contribution is 6.14. The van der Waals surface area contributed by atoms with E-state index in [1.54, 1.807) is 0 Å². The highest BCUT2D eigenvalue weighted by Crippen LogP contribution is 2.46. The first kappa shape index (κ1) is 25.6. The van der Waals surface area contributed by atoms with Crippen LogP contribution in [0.1, 0.15) is 83.1 Å². The quantitative estimate of drug-likeness (QED) is 0.323. The third kappa shape index (κ3) is 5.79. The number of ketones is 1. The van der Waals surface area contributed by atoms with E-state index < -0.39 is 16.6 Å². The van der Waals surface area contributed by atoms with E-state index in [9.17, 15) is 4.79 Å². The van der Waals surface area contributed by atoms with Crippen molar-refractivity contribution in [2.75, 3.05) is 7.11 Å². The highest BCUT2D eigenvalue weighted by Gasteiger charge is 2.54. The molecule has 0 radical (unpaired) electrons. The molecule has 1 atom stereocenters. The van der Waals surface area contributed by atoms with Gasteiger partial charge in [0.25, 0.3) is 0 Å². The van der Waals surface area contributed by atoms with Gasteiger partial charge < -0.3 is 4.84 Å². The Bertz CT molecular complexity index is 716. The number of hydrogen-bond acceptors (Lipinski definition) is 5. The lowest BCUT2D eigenvalue weighted by molar-refractivity contribution is -0.397. The molecule has 0 N–H and O–H groups in total. The van der Waals surface area contributed by atoms with Crippen LogP contribution < -0.4 is 0 Å². The number of oxime groups is 1. The largest absolute Gasteiger partial charge is 0.399 e. The maximum absolute atomic E-state index is 13.8. The van der Waals surface area contributed by atoms with E-state index in [1.165, 1.54) is 7.11 Å². The van der Waals surface area contributed by atoms with Gasteiger partial charge in [0.05, 0.1) is 11.3 Å². The Labute approximate surface area is 177 Å². The van der Waals surface area contributed by atoms with Crippen molar-refractivity contribution in [3.63, 3.8) is 0 Å². The summed E-state index contributed by atoms with van der Waals surface area (Å²) < 4.78 is 0. The van der Waals surface area contributed by atoms with E-state index in [1.807, 2.05) is 74.5 Å². The molecule has 5 nitrogen and oxygen atoms in total. The second-order valence-electron chi connectivity index (χ2n) is 11.9. The van der Waals surface area contributed by atoms with Crippen LogP contribution in [0.15, 0.2) is 28.5 Å². The van der Waals surface area contributed by atoms with Crippen molar-refractivity contribution in [1.82, 2.24) is 0 Å². The summed E-state index contributed by atoms with van der Waals surface area (Å²) in [7, 11) is 1.53. The number of nitrogens with zero attached hydrogens (tertiary/aromatic N) is 1. The first-order chi connectivity index (χ1) is 12.8. The minimum Gasteiger partial charge on any atom is -0.399 e.